The number of ether oxygens (including phenoxy) is 1. The molecule has 0 bridgehead atoms. The molecule has 0 spiro atoms. The highest BCUT2D eigenvalue weighted by atomic mass is 16.5. The minimum absolute atomic E-state index is 0.0278. The van der Waals surface area contributed by atoms with Crippen molar-refractivity contribution in [1.82, 2.24) is 24.4 Å². The molecule has 0 aliphatic carbocycles. The van der Waals surface area contributed by atoms with Crippen molar-refractivity contribution in [2.45, 2.75) is 39.7 Å². The summed E-state index contributed by atoms with van der Waals surface area (Å²) in [5, 5.41) is 7.52. The fraction of sp³-hybridized carbons (Fsp3) is 0.526. The number of nitrogens with one attached hydrogen (secondary N) is 2. The number of aromatic amines is 1. The zero-order valence-electron chi connectivity index (χ0n) is 16.9. The van der Waals surface area contributed by atoms with Crippen LogP contribution < -0.4 is 5.56 Å². The molecule has 0 amide bonds. The highest BCUT2D eigenvalue weighted by Gasteiger charge is 2.27. The van der Waals surface area contributed by atoms with Gasteiger partial charge in [0.25, 0.3) is 5.56 Å². The van der Waals surface area contributed by atoms with Gasteiger partial charge in [-0.15, -0.1) is 0 Å². The summed E-state index contributed by atoms with van der Waals surface area (Å²) in [4.78, 5) is 31.5. The molecular weight excluding hydrogens is 358 g/mol. The monoisotopic (exact) mass is 385 g/mol. The Labute approximate surface area is 164 Å². The lowest BCUT2D eigenvalue weighted by Gasteiger charge is -2.30. The molecule has 9 heteroatoms. The van der Waals surface area contributed by atoms with Crippen molar-refractivity contribution < 1.29 is 4.74 Å². The van der Waals surface area contributed by atoms with Gasteiger partial charge < -0.3 is 14.6 Å². The molecule has 2 N–H and O–H groups in total. The predicted molar refractivity (Wildman–Crippen MR) is 107 cm³/mol. The molecular formula is C19H27N7O2. The summed E-state index contributed by atoms with van der Waals surface area (Å²) in [6.45, 7) is 5.48. The number of rotatable bonds is 6. The van der Waals surface area contributed by atoms with E-state index in [0.717, 1.165) is 42.1 Å². The lowest BCUT2D eigenvalue weighted by molar-refractivity contribution is 0.195. The minimum atomic E-state index is -0.0278. The zero-order chi connectivity index (χ0) is 20.3. The molecule has 0 aromatic carbocycles. The molecule has 0 saturated carbocycles. The summed E-state index contributed by atoms with van der Waals surface area (Å²) in [6, 6.07) is 0. The second-order valence-corrected chi connectivity index (χ2v) is 6.95. The lowest BCUT2D eigenvalue weighted by atomic mass is 10.1. The fourth-order valence-corrected chi connectivity index (χ4v) is 3.52. The first-order chi connectivity index (χ1) is 13.5. The molecule has 150 valence electrons. The Bertz CT molecular complexity index is 958. The maximum absolute atomic E-state index is 12.7. The van der Waals surface area contributed by atoms with E-state index >= 15 is 0 Å². The van der Waals surface area contributed by atoms with Crippen molar-refractivity contribution in [3.8, 4) is 0 Å². The molecule has 0 radical (unpaired) electrons. The van der Waals surface area contributed by atoms with Crippen LogP contribution in [0.4, 0.5) is 0 Å². The van der Waals surface area contributed by atoms with E-state index in [1.54, 1.807) is 18.7 Å². The molecule has 0 atom stereocenters. The van der Waals surface area contributed by atoms with E-state index in [-0.39, 0.29) is 5.56 Å². The van der Waals surface area contributed by atoms with Gasteiger partial charge in [0.1, 0.15) is 23.7 Å². The van der Waals surface area contributed by atoms with Gasteiger partial charge in [0.15, 0.2) is 5.84 Å². The van der Waals surface area contributed by atoms with Crippen LogP contribution in [0.15, 0.2) is 9.79 Å². The van der Waals surface area contributed by atoms with Crippen LogP contribution in [0.25, 0.3) is 0 Å². The van der Waals surface area contributed by atoms with Gasteiger partial charge in [-0.05, 0) is 26.7 Å². The van der Waals surface area contributed by atoms with E-state index in [4.69, 9.17) is 10.1 Å². The number of fused-ring (bicyclic) bond motifs is 1. The Morgan fingerprint density at radius 1 is 1.39 bits per heavy atom. The van der Waals surface area contributed by atoms with E-state index in [2.05, 4.69) is 19.9 Å². The molecule has 9 nitrogen and oxygen atoms in total. The van der Waals surface area contributed by atoms with Crippen molar-refractivity contribution in [2.24, 2.45) is 12.0 Å². The summed E-state index contributed by atoms with van der Waals surface area (Å²) in [6.07, 6.45) is 3.31. The summed E-state index contributed by atoms with van der Waals surface area (Å²) < 4.78 is 6.73. The van der Waals surface area contributed by atoms with Gasteiger partial charge >= 0.3 is 0 Å². The van der Waals surface area contributed by atoms with Gasteiger partial charge in [-0.1, -0.05) is 0 Å². The van der Waals surface area contributed by atoms with E-state index in [0.29, 0.717) is 43.3 Å². The maximum Gasteiger partial charge on any atom is 0.258 e. The van der Waals surface area contributed by atoms with E-state index in [9.17, 15) is 4.79 Å². The van der Waals surface area contributed by atoms with Gasteiger partial charge in [0.2, 0.25) is 0 Å². The number of hydrogen-bond donors (Lipinski definition) is 2. The Morgan fingerprint density at radius 3 is 2.89 bits per heavy atom. The standard InChI is InChI=1S/C19H27N7O2/c1-12-22-16(6-5-9-28-4)17(23-12)18(21-11-20)26-8-7-15-14(10-26)19(27)25(3)13(2)24-15/h11,20H,5-10H2,1-4H3,(H,22,23). The topological polar surface area (TPSA) is 112 Å². The fourth-order valence-electron chi connectivity index (χ4n) is 3.52. The molecule has 0 unspecified atom stereocenters. The molecule has 2 aromatic rings. The molecule has 1 aliphatic heterocycles. The molecule has 0 saturated heterocycles. The number of H-pyrrole nitrogens is 1. The molecule has 0 fully saturated rings. The van der Waals surface area contributed by atoms with Crippen LogP contribution in [0.5, 0.6) is 0 Å². The lowest BCUT2D eigenvalue weighted by Crippen LogP contribution is -2.42. The molecule has 3 rings (SSSR count). The third-order valence-electron chi connectivity index (χ3n) is 5.03. The van der Waals surface area contributed by atoms with Crippen molar-refractivity contribution >= 4 is 12.2 Å². The number of hydrogen-bond acceptors (Lipinski definition) is 5. The summed E-state index contributed by atoms with van der Waals surface area (Å²) in [5.41, 5.74) is 3.21. The van der Waals surface area contributed by atoms with Gasteiger partial charge in [0.05, 0.1) is 17.8 Å². The molecule has 28 heavy (non-hydrogen) atoms. The quantitative estimate of drug-likeness (QED) is 0.439. The number of aliphatic imine (C=N–C) groups is 1. The molecule has 1 aliphatic rings. The van der Waals surface area contributed by atoms with E-state index < -0.39 is 0 Å². The SMILES string of the molecule is COCCCc1[nH]c(C)nc1C(=NC=N)N1CCc2nc(C)n(C)c(=O)c2C1. The smallest absolute Gasteiger partial charge is 0.258 e. The number of imidazole rings is 1. The first-order valence-electron chi connectivity index (χ1n) is 9.38. The Hall–Kier alpha value is -2.81. The molecule has 2 aromatic heterocycles. The summed E-state index contributed by atoms with van der Waals surface area (Å²) in [5.74, 6) is 2.12. The third kappa shape index (κ3) is 3.89. The average Bonchev–Trinajstić information content (AvgIpc) is 3.04. The van der Waals surface area contributed by atoms with Gasteiger partial charge in [-0.3, -0.25) is 14.8 Å². The van der Waals surface area contributed by atoms with Crippen LogP contribution in [-0.2, 0) is 31.2 Å². The normalized spacial score (nSPS) is 14.3. The second-order valence-electron chi connectivity index (χ2n) is 6.95. The second kappa shape index (κ2) is 8.47. The predicted octanol–water partition coefficient (Wildman–Crippen LogP) is 1.11. The number of methoxy groups -OCH3 is 1. The van der Waals surface area contributed by atoms with Crippen molar-refractivity contribution in [2.75, 3.05) is 20.3 Å². The van der Waals surface area contributed by atoms with Crippen LogP contribution >= 0.6 is 0 Å². The number of aromatic nitrogens is 4. The van der Waals surface area contributed by atoms with E-state index in [1.807, 2.05) is 18.7 Å². The van der Waals surface area contributed by atoms with E-state index in [1.165, 1.54) is 0 Å². The summed E-state index contributed by atoms with van der Waals surface area (Å²) >= 11 is 0. The van der Waals surface area contributed by atoms with Gasteiger partial charge in [-0.25, -0.2) is 15.0 Å². The summed E-state index contributed by atoms with van der Waals surface area (Å²) in [7, 11) is 3.42. The third-order valence-corrected chi connectivity index (χ3v) is 5.03. The highest BCUT2D eigenvalue weighted by Crippen LogP contribution is 2.19. The Balaban J connectivity index is 1.95. The Kier molecular flexibility index (Phi) is 6.03. The van der Waals surface area contributed by atoms with Gasteiger partial charge in [0, 0.05) is 39.4 Å². The number of nitrogens with zero attached hydrogens (tertiary/aromatic N) is 5. The Morgan fingerprint density at radius 2 is 2.18 bits per heavy atom. The first-order valence-corrected chi connectivity index (χ1v) is 9.38. The van der Waals surface area contributed by atoms with Gasteiger partial charge in [-0.2, -0.15) is 0 Å². The van der Waals surface area contributed by atoms with Crippen molar-refractivity contribution in [3.63, 3.8) is 0 Å². The number of amidine groups is 1. The van der Waals surface area contributed by atoms with Crippen molar-refractivity contribution in [1.29, 1.82) is 5.41 Å². The molecule has 3 heterocycles. The van der Waals surface area contributed by atoms with Crippen molar-refractivity contribution in [3.05, 3.63) is 44.6 Å². The van der Waals surface area contributed by atoms with Crippen LogP contribution in [0.2, 0.25) is 0 Å². The van der Waals surface area contributed by atoms with Crippen LogP contribution in [0, 0.1) is 19.3 Å². The number of aryl methyl sites for hydroxylation is 3. The minimum Gasteiger partial charge on any atom is -0.385 e. The first kappa shape index (κ1) is 19.9. The highest BCUT2D eigenvalue weighted by molar-refractivity contribution is 6.01. The van der Waals surface area contributed by atoms with Crippen LogP contribution in [0.3, 0.4) is 0 Å². The maximum atomic E-state index is 12.7. The largest absolute Gasteiger partial charge is 0.385 e. The van der Waals surface area contributed by atoms with Crippen LogP contribution in [0.1, 0.15) is 40.7 Å². The zero-order valence-corrected chi connectivity index (χ0v) is 16.9. The average molecular weight is 385 g/mol. The van der Waals surface area contributed by atoms with Crippen LogP contribution in [-0.4, -0.2) is 56.9 Å².